The van der Waals surface area contributed by atoms with Gasteiger partial charge in [0.2, 0.25) is 0 Å². The fraction of sp³-hybridized carbons (Fsp3) is 0.444. The van der Waals surface area contributed by atoms with Crippen molar-refractivity contribution in [2.75, 3.05) is 0 Å². The molecule has 0 heterocycles. The van der Waals surface area contributed by atoms with Crippen molar-refractivity contribution in [2.24, 2.45) is 11.8 Å². The minimum atomic E-state index is -0.324. The van der Waals surface area contributed by atoms with E-state index in [2.05, 4.69) is 30.9 Å². The van der Waals surface area contributed by atoms with Crippen LogP contribution in [-0.2, 0) is 17.6 Å². The third-order valence-corrected chi connectivity index (χ3v) is 6.26. The lowest BCUT2D eigenvalue weighted by molar-refractivity contribution is -0.107. The molecular formula is C27H31FO. The fourth-order valence-corrected chi connectivity index (χ4v) is 4.23. The van der Waals surface area contributed by atoms with Crippen LogP contribution in [0.15, 0.2) is 42.5 Å². The minimum Gasteiger partial charge on any atom is -0.303 e. The highest BCUT2D eigenvalue weighted by molar-refractivity contribution is 5.50. The lowest BCUT2D eigenvalue weighted by Crippen LogP contribution is -2.14. The molecule has 1 aliphatic rings. The highest BCUT2D eigenvalue weighted by Crippen LogP contribution is 2.33. The van der Waals surface area contributed by atoms with Crippen LogP contribution in [0.3, 0.4) is 0 Å². The molecule has 1 saturated carbocycles. The molecule has 2 heteroatoms. The molecule has 29 heavy (non-hydrogen) atoms. The number of aldehydes is 1. The molecule has 0 unspecified atom stereocenters. The number of rotatable bonds is 7. The molecule has 1 nitrogen and oxygen atoms in total. The summed E-state index contributed by atoms with van der Waals surface area (Å²) in [5, 5.41) is 0. The summed E-state index contributed by atoms with van der Waals surface area (Å²) in [6.07, 6.45) is 11.2. The lowest BCUT2D eigenvalue weighted by atomic mass is 9.78. The Labute approximate surface area is 174 Å². The van der Waals surface area contributed by atoms with Gasteiger partial charge in [0, 0.05) is 12.0 Å². The number of carbonyl (C=O) groups excluding carboxylic acids is 1. The van der Waals surface area contributed by atoms with Gasteiger partial charge in [0.15, 0.2) is 0 Å². The van der Waals surface area contributed by atoms with Gasteiger partial charge in [0.25, 0.3) is 0 Å². The van der Waals surface area contributed by atoms with Gasteiger partial charge >= 0.3 is 0 Å². The molecular weight excluding hydrogens is 359 g/mol. The highest BCUT2D eigenvalue weighted by Gasteiger charge is 2.19. The van der Waals surface area contributed by atoms with Crippen LogP contribution in [0, 0.1) is 29.5 Å². The van der Waals surface area contributed by atoms with Crippen molar-refractivity contribution in [3.8, 4) is 11.8 Å². The van der Waals surface area contributed by atoms with Gasteiger partial charge in [0.1, 0.15) is 12.1 Å². The average Bonchev–Trinajstić information content (AvgIpc) is 2.76. The molecule has 0 spiro atoms. The summed E-state index contributed by atoms with van der Waals surface area (Å²) in [5.41, 5.74) is 3.49. The molecule has 0 amide bonds. The van der Waals surface area contributed by atoms with Crippen LogP contribution < -0.4 is 0 Å². The van der Waals surface area contributed by atoms with Gasteiger partial charge in [-0.25, -0.2) is 4.39 Å². The van der Waals surface area contributed by atoms with E-state index in [4.69, 9.17) is 0 Å². The smallest absolute Gasteiger partial charge is 0.139 e. The van der Waals surface area contributed by atoms with E-state index in [1.54, 1.807) is 6.07 Å². The lowest BCUT2D eigenvalue weighted by Gasteiger charge is -2.27. The summed E-state index contributed by atoms with van der Waals surface area (Å²) >= 11 is 0. The highest BCUT2D eigenvalue weighted by atomic mass is 19.1. The third kappa shape index (κ3) is 6.57. The molecule has 2 aromatic rings. The Hall–Kier alpha value is -2.40. The van der Waals surface area contributed by atoms with Crippen molar-refractivity contribution in [1.29, 1.82) is 0 Å². The van der Waals surface area contributed by atoms with Gasteiger partial charge < -0.3 is 4.79 Å². The van der Waals surface area contributed by atoms with Gasteiger partial charge in [-0.2, -0.15) is 0 Å². The van der Waals surface area contributed by atoms with E-state index >= 15 is 0 Å². The van der Waals surface area contributed by atoms with Gasteiger partial charge in [-0.15, -0.1) is 0 Å². The van der Waals surface area contributed by atoms with Crippen molar-refractivity contribution < 1.29 is 9.18 Å². The fourth-order valence-electron chi connectivity index (χ4n) is 4.23. The maximum absolute atomic E-state index is 14.2. The summed E-state index contributed by atoms with van der Waals surface area (Å²) in [5.74, 6) is 7.51. The summed E-state index contributed by atoms with van der Waals surface area (Å²) in [6.45, 7) is 2.31. The predicted octanol–water partition coefficient (Wildman–Crippen LogP) is 6.51. The molecule has 0 radical (unpaired) electrons. The van der Waals surface area contributed by atoms with Crippen LogP contribution in [0.4, 0.5) is 4.39 Å². The summed E-state index contributed by atoms with van der Waals surface area (Å²) in [4.78, 5) is 10.4. The number of benzene rings is 2. The SMILES string of the molecule is CCC1CCC(CCc2ccc(C#Cc3ccc(CCC=O)cc3F)cc2)CC1. The van der Waals surface area contributed by atoms with Crippen LogP contribution in [0.2, 0.25) is 0 Å². The zero-order valence-corrected chi connectivity index (χ0v) is 17.4. The second-order valence-electron chi connectivity index (χ2n) is 8.30. The van der Waals surface area contributed by atoms with E-state index in [-0.39, 0.29) is 5.82 Å². The first kappa shape index (κ1) is 21.3. The van der Waals surface area contributed by atoms with E-state index in [0.29, 0.717) is 18.4 Å². The second kappa shape index (κ2) is 11.0. The molecule has 2 aromatic carbocycles. The number of hydrogen-bond acceptors (Lipinski definition) is 1. The molecule has 3 rings (SSSR count). The topological polar surface area (TPSA) is 17.1 Å². The Bertz CT molecular complexity index is 848. The monoisotopic (exact) mass is 390 g/mol. The second-order valence-corrected chi connectivity index (χ2v) is 8.30. The van der Waals surface area contributed by atoms with Crippen molar-refractivity contribution in [3.05, 3.63) is 70.5 Å². The summed E-state index contributed by atoms with van der Waals surface area (Å²) in [7, 11) is 0. The van der Waals surface area contributed by atoms with Crippen molar-refractivity contribution in [2.45, 2.75) is 64.7 Å². The Morgan fingerprint density at radius 3 is 2.28 bits per heavy atom. The van der Waals surface area contributed by atoms with Gasteiger partial charge in [-0.3, -0.25) is 0 Å². The molecule has 1 fully saturated rings. The van der Waals surface area contributed by atoms with E-state index in [0.717, 1.165) is 35.7 Å². The van der Waals surface area contributed by atoms with Crippen LogP contribution in [0.1, 0.15) is 74.1 Å². The number of halogens is 1. The zero-order valence-electron chi connectivity index (χ0n) is 17.4. The number of hydrogen-bond donors (Lipinski definition) is 0. The average molecular weight is 391 g/mol. The Morgan fingerprint density at radius 1 is 0.931 bits per heavy atom. The zero-order chi connectivity index (χ0) is 20.5. The van der Waals surface area contributed by atoms with Crippen LogP contribution in [0.5, 0.6) is 0 Å². The van der Waals surface area contributed by atoms with Crippen molar-refractivity contribution in [1.82, 2.24) is 0 Å². The summed E-state index contributed by atoms with van der Waals surface area (Å²) in [6, 6.07) is 13.4. The number of carbonyl (C=O) groups is 1. The molecule has 152 valence electrons. The van der Waals surface area contributed by atoms with Crippen molar-refractivity contribution >= 4 is 6.29 Å². The van der Waals surface area contributed by atoms with Crippen LogP contribution in [-0.4, -0.2) is 6.29 Å². The van der Waals surface area contributed by atoms with E-state index in [9.17, 15) is 9.18 Å². The third-order valence-electron chi connectivity index (χ3n) is 6.26. The maximum Gasteiger partial charge on any atom is 0.139 e. The first-order chi connectivity index (χ1) is 14.2. The molecule has 0 aromatic heterocycles. The van der Waals surface area contributed by atoms with E-state index in [1.165, 1.54) is 50.2 Å². The van der Waals surface area contributed by atoms with Gasteiger partial charge in [-0.1, -0.05) is 69.1 Å². The van der Waals surface area contributed by atoms with Gasteiger partial charge in [-0.05, 0) is 66.5 Å². The largest absolute Gasteiger partial charge is 0.303 e. The molecule has 0 N–H and O–H groups in total. The van der Waals surface area contributed by atoms with Crippen LogP contribution in [0.25, 0.3) is 0 Å². The summed E-state index contributed by atoms with van der Waals surface area (Å²) < 4.78 is 14.2. The van der Waals surface area contributed by atoms with E-state index < -0.39 is 0 Å². The molecule has 0 atom stereocenters. The van der Waals surface area contributed by atoms with Crippen molar-refractivity contribution in [3.63, 3.8) is 0 Å². The maximum atomic E-state index is 14.2. The quantitative estimate of drug-likeness (QED) is 0.389. The first-order valence-electron chi connectivity index (χ1n) is 11.0. The Kier molecular flexibility index (Phi) is 8.05. The molecule has 1 aliphatic carbocycles. The van der Waals surface area contributed by atoms with Crippen LogP contribution >= 0.6 is 0 Å². The molecule has 0 aliphatic heterocycles. The molecule has 0 bridgehead atoms. The van der Waals surface area contributed by atoms with E-state index in [1.807, 2.05) is 18.2 Å². The Morgan fingerprint density at radius 2 is 1.62 bits per heavy atom. The minimum absolute atomic E-state index is 0.324. The molecule has 0 saturated heterocycles. The van der Waals surface area contributed by atoms with Gasteiger partial charge in [0.05, 0.1) is 5.56 Å². The Balaban J connectivity index is 1.53. The standard InChI is InChI=1S/C27H31FO/c1-2-21-5-7-22(8-6-21)9-10-23-11-13-24(14-12-23)15-17-26-18-16-25(4-3-19-29)20-27(26)28/h11-14,16,18-22H,2-10H2,1H3. The predicted molar refractivity (Wildman–Crippen MR) is 117 cm³/mol. The normalized spacial score (nSPS) is 18.7. The number of aryl methyl sites for hydroxylation is 2. The first-order valence-corrected chi connectivity index (χ1v) is 11.0.